The van der Waals surface area contributed by atoms with Crippen LogP contribution >= 0.6 is 11.8 Å². The highest BCUT2D eigenvalue weighted by molar-refractivity contribution is 8.00. The molecule has 3 heteroatoms. The molecule has 0 spiro atoms. The van der Waals surface area contributed by atoms with E-state index in [0.29, 0.717) is 0 Å². The van der Waals surface area contributed by atoms with Crippen molar-refractivity contribution in [3.8, 4) is 0 Å². The Morgan fingerprint density at radius 1 is 1.17 bits per heavy atom. The van der Waals surface area contributed by atoms with Gasteiger partial charge < -0.3 is 10.2 Å². The summed E-state index contributed by atoms with van der Waals surface area (Å²) in [5.74, 6) is 0. The standard InChI is InChI=1S/C15H22O2S/c1-2-15(14(17)11-7-4-8-12-16)18-13-9-5-3-6-10-13/h2-3,5-6,9-10,14-17H,1,4,7-8,11-12H2/t14-,15+/m0/s1. The van der Waals surface area contributed by atoms with E-state index in [-0.39, 0.29) is 18.0 Å². The Labute approximate surface area is 114 Å². The first-order valence-corrected chi connectivity index (χ1v) is 7.29. The smallest absolute Gasteiger partial charge is 0.0697 e. The molecule has 0 fully saturated rings. The zero-order valence-corrected chi connectivity index (χ0v) is 11.5. The molecule has 2 atom stereocenters. The number of rotatable bonds is 9. The van der Waals surface area contributed by atoms with Crippen molar-refractivity contribution >= 4 is 11.8 Å². The van der Waals surface area contributed by atoms with Crippen LogP contribution in [0, 0.1) is 0 Å². The molecule has 100 valence electrons. The maximum absolute atomic E-state index is 10.1. The van der Waals surface area contributed by atoms with Crippen molar-refractivity contribution in [2.45, 2.75) is 41.9 Å². The quantitative estimate of drug-likeness (QED) is 0.409. The largest absolute Gasteiger partial charge is 0.396 e. The van der Waals surface area contributed by atoms with Crippen LogP contribution in [0.3, 0.4) is 0 Å². The third-order valence-corrected chi connectivity index (χ3v) is 4.11. The first-order valence-electron chi connectivity index (χ1n) is 6.41. The maximum atomic E-state index is 10.1. The van der Waals surface area contributed by atoms with E-state index in [1.807, 2.05) is 36.4 Å². The summed E-state index contributed by atoms with van der Waals surface area (Å²) in [6.45, 7) is 4.04. The second kappa shape index (κ2) is 9.20. The number of hydrogen-bond acceptors (Lipinski definition) is 3. The highest BCUT2D eigenvalue weighted by Gasteiger charge is 2.16. The molecular formula is C15H22O2S. The van der Waals surface area contributed by atoms with Crippen LogP contribution in [0.5, 0.6) is 0 Å². The van der Waals surface area contributed by atoms with Crippen molar-refractivity contribution in [1.82, 2.24) is 0 Å². The van der Waals surface area contributed by atoms with Crippen LogP contribution in [0.25, 0.3) is 0 Å². The van der Waals surface area contributed by atoms with Gasteiger partial charge in [0.05, 0.1) is 11.4 Å². The topological polar surface area (TPSA) is 40.5 Å². The molecule has 18 heavy (non-hydrogen) atoms. The molecule has 0 aliphatic heterocycles. The van der Waals surface area contributed by atoms with Gasteiger partial charge in [0.2, 0.25) is 0 Å². The molecule has 0 bridgehead atoms. The van der Waals surface area contributed by atoms with Crippen molar-refractivity contribution in [3.05, 3.63) is 43.0 Å². The summed E-state index contributed by atoms with van der Waals surface area (Å²) in [5.41, 5.74) is 0. The summed E-state index contributed by atoms with van der Waals surface area (Å²) < 4.78 is 0. The molecule has 0 amide bonds. The first kappa shape index (κ1) is 15.3. The van der Waals surface area contributed by atoms with E-state index in [0.717, 1.165) is 30.6 Å². The third-order valence-electron chi connectivity index (χ3n) is 2.78. The molecule has 0 saturated heterocycles. The molecule has 1 aromatic rings. The highest BCUT2D eigenvalue weighted by atomic mass is 32.2. The normalized spacial score (nSPS) is 14.1. The lowest BCUT2D eigenvalue weighted by Crippen LogP contribution is -2.20. The van der Waals surface area contributed by atoms with Gasteiger partial charge in [-0.2, -0.15) is 0 Å². The van der Waals surface area contributed by atoms with Crippen molar-refractivity contribution in [2.75, 3.05) is 6.61 Å². The molecule has 0 aliphatic carbocycles. The fraction of sp³-hybridized carbons (Fsp3) is 0.467. The Hall–Kier alpha value is -0.770. The predicted molar refractivity (Wildman–Crippen MR) is 77.8 cm³/mol. The van der Waals surface area contributed by atoms with Gasteiger partial charge >= 0.3 is 0 Å². The van der Waals surface area contributed by atoms with Crippen molar-refractivity contribution in [2.24, 2.45) is 0 Å². The summed E-state index contributed by atoms with van der Waals surface area (Å²) in [6, 6.07) is 10.1. The average molecular weight is 266 g/mol. The molecular weight excluding hydrogens is 244 g/mol. The lowest BCUT2D eigenvalue weighted by atomic mass is 10.1. The molecule has 0 heterocycles. The van der Waals surface area contributed by atoms with E-state index in [1.54, 1.807) is 11.8 Å². The van der Waals surface area contributed by atoms with Crippen LogP contribution in [0.4, 0.5) is 0 Å². The van der Waals surface area contributed by atoms with E-state index in [4.69, 9.17) is 5.11 Å². The summed E-state index contributed by atoms with van der Waals surface area (Å²) in [6.07, 6.45) is 4.93. The molecule has 1 aromatic carbocycles. The van der Waals surface area contributed by atoms with Gasteiger partial charge in [0, 0.05) is 11.5 Å². The molecule has 1 rings (SSSR count). The molecule has 0 aliphatic rings. The third kappa shape index (κ3) is 5.71. The van der Waals surface area contributed by atoms with Gasteiger partial charge in [-0.25, -0.2) is 0 Å². The molecule has 2 N–H and O–H groups in total. The van der Waals surface area contributed by atoms with E-state index >= 15 is 0 Å². The van der Waals surface area contributed by atoms with Crippen molar-refractivity contribution in [1.29, 1.82) is 0 Å². The fourth-order valence-corrected chi connectivity index (χ4v) is 2.76. The number of benzene rings is 1. The summed E-state index contributed by atoms with van der Waals surface area (Å²) in [7, 11) is 0. The minimum Gasteiger partial charge on any atom is -0.396 e. The minimum atomic E-state index is -0.369. The summed E-state index contributed by atoms with van der Waals surface area (Å²) >= 11 is 1.64. The van der Waals surface area contributed by atoms with Crippen molar-refractivity contribution < 1.29 is 10.2 Å². The zero-order valence-electron chi connectivity index (χ0n) is 10.7. The van der Waals surface area contributed by atoms with E-state index in [1.165, 1.54) is 0 Å². The lowest BCUT2D eigenvalue weighted by molar-refractivity contribution is 0.167. The van der Waals surface area contributed by atoms with Crippen LogP contribution in [0.1, 0.15) is 25.7 Å². The van der Waals surface area contributed by atoms with Gasteiger partial charge in [-0.1, -0.05) is 37.1 Å². The molecule has 0 radical (unpaired) electrons. The van der Waals surface area contributed by atoms with Gasteiger partial charge in [-0.3, -0.25) is 0 Å². The van der Waals surface area contributed by atoms with Crippen LogP contribution in [0.2, 0.25) is 0 Å². The molecule has 0 saturated carbocycles. The number of aliphatic hydroxyl groups excluding tert-OH is 2. The van der Waals surface area contributed by atoms with Crippen molar-refractivity contribution in [3.63, 3.8) is 0 Å². The second-order valence-electron chi connectivity index (χ2n) is 4.27. The van der Waals surface area contributed by atoms with E-state index in [9.17, 15) is 5.11 Å². The van der Waals surface area contributed by atoms with Crippen LogP contribution in [-0.2, 0) is 0 Å². The van der Waals surface area contributed by atoms with Gasteiger partial charge in [-0.15, -0.1) is 18.3 Å². The predicted octanol–water partition coefficient (Wildman–Crippen LogP) is 3.25. The van der Waals surface area contributed by atoms with Crippen LogP contribution < -0.4 is 0 Å². The Balaban J connectivity index is 2.38. The molecule has 2 nitrogen and oxygen atoms in total. The summed E-state index contributed by atoms with van der Waals surface area (Å²) in [5, 5.41) is 18.8. The zero-order chi connectivity index (χ0) is 13.2. The van der Waals surface area contributed by atoms with E-state index < -0.39 is 0 Å². The monoisotopic (exact) mass is 266 g/mol. The Bertz CT molecular complexity index is 327. The van der Waals surface area contributed by atoms with Gasteiger partial charge in [0.15, 0.2) is 0 Å². The van der Waals surface area contributed by atoms with Gasteiger partial charge in [-0.05, 0) is 25.0 Å². The second-order valence-corrected chi connectivity index (χ2v) is 5.52. The van der Waals surface area contributed by atoms with Gasteiger partial charge in [0.1, 0.15) is 0 Å². The fourth-order valence-electron chi connectivity index (χ4n) is 1.75. The van der Waals surface area contributed by atoms with Crippen LogP contribution in [-0.4, -0.2) is 28.2 Å². The van der Waals surface area contributed by atoms with Crippen LogP contribution in [0.15, 0.2) is 47.9 Å². The minimum absolute atomic E-state index is 0.0292. The Morgan fingerprint density at radius 2 is 1.89 bits per heavy atom. The average Bonchev–Trinajstić information content (AvgIpc) is 2.42. The Morgan fingerprint density at radius 3 is 2.50 bits per heavy atom. The maximum Gasteiger partial charge on any atom is 0.0697 e. The SMILES string of the molecule is C=C[C@@H](Sc1ccccc1)[C@@H](O)CCCCCO. The number of thioether (sulfide) groups is 1. The lowest BCUT2D eigenvalue weighted by Gasteiger charge is -2.19. The first-order chi connectivity index (χ1) is 8.77. The van der Waals surface area contributed by atoms with Gasteiger partial charge in [0.25, 0.3) is 0 Å². The summed E-state index contributed by atoms with van der Waals surface area (Å²) in [4.78, 5) is 1.15. The number of unbranched alkanes of at least 4 members (excludes halogenated alkanes) is 2. The highest BCUT2D eigenvalue weighted by Crippen LogP contribution is 2.27. The Kier molecular flexibility index (Phi) is 7.81. The van der Waals surface area contributed by atoms with E-state index in [2.05, 4.69) is 6.58 Å². The molecule has 0 unspecified atom stereocenters. The number of hydrogen-bond donors (Lipinski definition) is 2. The number of aliphatic hydroxyl groups is 2. The molecule has 0 aromatic heterocycles.